The van der Waals surface area contributed by atoms with Crippen LogP contribution >= 0.6 is 0 Å². The summed E-state index contributed by atoms with van der Waals surface area (Å²) in [5.74, 6) is 0. The molecular formula is C21H32N4O. The average molecular weight is 357 g/mol. The van der Waals surface area contributed by atoms with Gasteiger partial charge in [0.2, 0.25) is 0 Å². The van der Waals surface area contributed by atoms with Crippen LogP contribution in [0.15, 0.2) is 30.5 Å². The van der Waals surface area contributed by atoms with Crippen molar-refractivity contribution in [3.05, 3.63) is 30.5 Å². The Hall–Kier alpha value is -1.56. The molecule has 0 saturated carbocycles. The molecule has 2 N–H and O–H groups in total. The van der Waals surface area contributed by atoms with Crippen molar-refractivity contribution >= 4 is 16.6 Å². The molecule has 2 fully saturated rings. The summed E-state index contributed by atoms with van der Waals surface area (Å²) in [6.45, 7) is 9.00. The Morgan fingerprint density at radius 1 is 1.00 bits per heavy atom. The molecule has 26 heavy (non-hydrogen) atoms. The summed E-state index contributed by atoms with van der Waals surface area (Å²) in [4.78, 5) is 5.17. The van der Waals surface area contributed by atoms with Gasteiger partial charge in [0, 0.05) is 50.0 Å². The van der Waals surface area contributed by atoms with Crippen molar-refractivity contribution in [2.45, 2.75) is 38.3 Å². The van der Waals surface area contributed by atoms with Gasteiger partial charge >= 0.3 is 0 Å². The van der Waals surface area contributed by atoms with E-state index in [1.54, 1.807) is 0 Å². The number of nitrogens with zero attached hydrogens (tertiary/aromatic N) is 3. The van der Waals surface area contributed by atoms with Crippen molar-refractivity contribution in [1.82, 2.24) is 14.4 Å². The van der Waals surface area contributed by atoms with Crippen molar-refractivity contribution < 1.29 is 4.74 Å². The summed E-state index contributed by atoms with van der Waals surface area (Å²) in [6.07, 6.45) is 7.67. The van der Waals surface area contributed by atoms with Gasteiger partial charge in [-0.15, -0.1) is 0 Å². The molecule has 142 valence electrons. The Morgan fingerprint density at radius 2 is 1.88 bits per heavy atom. The van der Waals surface area contributed by atoms with E-state index in [0.29, 0.717) is 6.10 Å². The molecule has 2 aliphatic heterocycles. The molecule has 0 amide bonds. The molecular weight excluding hydrogens is 324 g/mol. The summed E-state index contributed by atoms with van der Waals surface area (Å²) in [7, 11) is 0. The van der Waals surface area contributed by atoms with E-state index in [0.717, 1.165) is 44.9 Å². The van der Waals surface area contributed by atoms with Crippen LogP contribution in [0.25, 0.3) is 10.9 Å². The fourth-order valence-electron chi connectivity index (χ4n) is 4.40. The summed E-state index contributed by atoms with van der Waals surface area (Å²) in [5, 5.41) is 1.17. The minimum absolute atomic E-state index is 0.413. The Balaban J connectivity index is 1.23. The van der Waals surface area contributed by atoms with Gasteiger partial charge < -0.3 is 19.9 Å². The third kappa shape index (κ3) is 4.22. The maximum Gasteiger partial charge on any atom is 0.0714 e. The van der Waals surface area contributed by atoms with E-state index in [2.05, 4.69) is 32.7 Å². The van der Waals surface area contributed by atoms with E-state index in [-0.39, 0.29) is 0 Å². The maximum atomic E-state index is 6.07. The highest BCUT2D eigenvalue weighted by atomic mass is 16.5. The molecule has 1 aromatic carbocycles. The number of morpholine rings is 1. The van der Waals surface area contributed by atoms with Crippen molar-refractivity contribution in [3.8, 4) is 0 Å². The smallest absolute Gasteiger partial charge is 0.0714 e. The summed E-state index contributed by atoms with van der Waals surface area (Å²) >= 11 is 0. The molecule has 0 spiro atoms. The van der Waals surface area contributed by atoms with Gasteiger partial charge in [0.1, 0.15) is 0 Å². The molecule has 0 radical (unpaired) electrons. The first-order chi connectivity index (χ1) is 12.8. The lowest BCUT2D eigenvalue weighted by Gasteiger charge is -2.33. The number of aromatic nitrogens is 1. The third-order valence-corrected chi connectivity index (χ3v) is 5.91. The minimum Gasteiger partial charge on any atom is -0.398 e. The maximum absolute atomic E-state index is 6.07. The molecule has 1 unspecified atom stereocenters. The zero-order valence-electron chi connectivity index (χ0n) is 15.8. The van der Waals surface area contributed by atoms with Crippen LogP contribution in [0.2, 0.25) is 0 Å². The Labute approximate surface area is 156 Å². The summed E-state index contributed by atoms with van der Waals surface area (Å²) in [6, 6.07) is 8.31. The molecule has 1 aromatic heterocycles. The molecule has 2 aliphatic rings. The number of hydrogen-bond donors (Lipinski definition) is 1. The highest BCUT2D eigenvalue weighted by molar-refractivity contribution is 5.91. The molecule has 1 atom stereocenters. The highest BCUT2D eigenvalue weighted by Gasteiger charge is 2.21. The van der Waals surface area contributed by atoms with Crippen molar-refractivity contribution in [1.29, 1.82) is 0 Å². The number of aryl methyl sites for hydroxylation is 1. The first-order valence-corrected chi connectivity index (χ1v) is 10.2. The van der Waals surface area contributed by atoms with Gasteiger partial charge in [-0.05, 0) is 57.0 Å². The van der Waals surface area contributed by atoms with Crippen molar-refractivity contribution in [3.63, 3.8) is 0 Å². The van der Waals surface area contributed by atoms with E-state index in [9.17, 15) is 0 Å². The molecule has 2 saturated heterocycles. The summed E-state index contributed by atoms with van der Waals surface area (Å²) in [5.41, 5.74) is 8.18. The Bertz CT molecular complexity index is 707. The van der Waals surface area contributed by atoms with Gasteiger partial charge in [0.25, 0.3) is 0 Å². The SMILES string of the molecule is Nc1cccc2c1ccn2CCCN1CCOC(CCN2CCCC2)C1. The van der Waals surface area contributed by atoms with Crippen LogP contribution in [0.5, 0.6) is 0 Å². The van der Waals surface area contributed by atoms with Gasteiger partial charge in [0.15, 0.2) is 0 Å². The second-order valence-electron chi connectivity index (χ2n) is 7.77. The molecule has 3 heterocycles. The number of hydrogen-bond acceptors (Lipinski definition) is 4. The van der Waals surface area contributed by atoms with Crippen LogP contribution in [0, 0.1) is 0 Å². The number of nitrogen functional groups attached to an aromatic ring is 1. The van der Waals surface area contributed by atoms with E-state index >= 15 is 0 Å². The molecule has 5 heteroatoms. The molecule has 4 rings (SSSR count). The normalized spacial score (nSPS) is 22.4. The number of benzene rings is 1. The Kier molecular flexibility index (Phi) is 5.78. The molecule has 0 bridgehead atoms. The second kappa shape index (κ2) is 8.42. The fourth-order valence-corrected chi connectivity index (χ4v) is 4.40. The largest absolute Gasteiger partial charge is 0.398 e. The lowest BCUT2D eigenvalue weighted by Crippen LogP contribution is -2.44. The summed E-state index contributed by atoms with van der Waals surface area (Å²) < 4.78 is 8.33. The number of likely N-dealkylation sites (tertiary alicyclic amines) is 1. The van der Waals surface area contributed by atoms with Crippen LogP contribution in [-0.2, 0) is 11.3 Å². The van der Waals surface area contributed by atoms with Crippen LogP contribution in [0.4, 0.5) is 5.69 Å². The lowest BCUT2D eigenvalue weighted by molar-refractivity contribution is -0.0353. The van der Waals surface area contributed by atoms with Crippen LogP contribution < -0.4 is 5.73 Å². The molecule has 0 aliphatic carbocycles. The first-order valence-electron chi connectivity index (χ1n) is 10.2. The van der Waals surface area contributed by atoms with Crippen LogP contribution in [0.1, 0.15) is 25.7 Å². The minimum atomic E-state index is 0.413. The number of nitrogens with two attached hydrogens (primary N) is 1. The third-order valence-electron chi connectivity index (χ3n) is 5.91. The topological polar surface area (TPSA) is 46.7 Å². The van der Waals surface area contributed by atoms with Crippen molar-refractivity contribution in [2.24, 2.45) is 0 Å². The predicted octanol–water partition coefficient (Wildman–Crippen LogP) is 2.80. The number of rotatable bonds is 7. The van der Waals surface area contributed by atoms with Gasteiger partial charge in [-0.1, -0.05) is 6.07 Å². The van der Waals surface area contributed by atoms with Gasteiger partial charge in [-0.2, -0.15) is 0 Å². The Morgan fingerprint density at radius 3 is 2.77 bits per heavy atom. The van der Waals surface area contributed by atoms with E-state index in [4.69, 9.17) is 10.5 Å². The first kappa shape index (κ1) is 17.8. The van der Waals surface area contributed by atoms with E-state index < -0.39 is 0 Å². The van der Waals surface area contributed by atoms with Crippen molar-refractivity contribution in [2.75, 3.05) is 51.6 Å². The van der Waals surface area contributed by atoms with Crippen LogP contribution in [-0.4, -0.2) is 66.3 Å². The standard InChI is InChI=1S/C21H32N4O/c22-20-5-3-6-21-19(20)8-14-25(21)12-4-11-24-15-16-26-18(17-24)7-13-23-9-1-2-10-23/h3,5-6,8,14,18H,1-2,4,7,9-13,15-17,22H2. The highest BCUT2D eigenvalue weighted by Crippen LogP contribution is 2.22. The number of fused-ring (bicyclic) bond motifs is 1. The second-order valence-corrected chi connectivity index (χ2v) is 7.77. The fraction of sp³-hybridized carbons (Fsp3) is 0.619. The predicted molar refractivity (Wildman–Crippen MR) is 107 cm³/mol. The monoisotopic (exact) mass is 356 g/mol. The van der Waals surface area contributed by atoms with Gasteiger partial charge in [-0.25, -0.2) is 0 Å². The zero-order chi connectivity index (χ0) is 17.8. The van der Waals surface area contributed by atoms with Gasteiger partial charge in [-0.3, -0.25) is 4.90 Å². The van der Waals surface area contributed by atoms with E-state index in [1.165, 1.54) is 49.8 Å². The number of ether oxygens (including phenoxy) is 1. The lowest BCUT2D eigenvalue weighted by atomic mass is 10.2. The molecule has 2 aromatic rings. The number of anilines is 1. The zero-order valence-corrected chi connectivity index (χ0v) is 15.8. The van der Waals surface area contributed by atoms with Crippen LogP contribution in [0.3, 0.4) is 0 Å². The molecule has 5 nitrogen and oxygen atoms in total. The average Bonchev–Trinajstić information content (AvgIpc) is 3.31. The quantitative estimate of drug-likeness (QED) is 0.775. The van der Waals surface area contributed by atoms with E-state index in [1.807, 2.05) is 12.1 Å². The van der Waals surface area contributed by atoms with Gasteiger partial charge in [0.05, 0.1) is 18.2 Å².